The largest absolute Gasteiger partial charge is 0.501 e. The molecule has 2 rings (SSSR count). The van der Waals surface area contributed by atoms with Gasteiger partial charge in [0.2, 0.25) is 17.2 Å². The van der Waals surface area contributed by atoms with Gasteiger partial charge in [0, 0.05) is 18.0 Å². The zero-order valence-corrected chi connectivity index (χ0v) is 8.10. The van der Waals surface area contributed by atoms with E-state index in [0.717, 1.165) is 0 Å². The summed E-state index contributed by atoms with van der Waals surface area (Å²) in [5.41, 5.74) is 4.64. The van der Waals surface area contributed by atoms with Crippen LogP contribution in [0.15, 0.2) is 36.2 Å². The van der Waals surface area contributed by atoms with Crippen LogP contribution in [0.5, 0.6) is 0 Å². The van der Waals surface area contributed by atoms with Crippen LogP contribution in [0.2, 0.25) is 0 Å². The van der Waals surface area contributed by atoms with Crippen LogP contribution in [0, 0.1) is 0 Å². The number of aliphatic hydroxyl groups is 1. The Hall–Kier alpha value is -2.04. The summed E-state index contributed by atoms with van der Waals surface area (Å²) in [4.78, 5) is 15.6. The molecule has 0 aliphatic carbocycles. The molecule has 0 amide bonds. The number of nitrogens with two attached hydrogens (primary N) is 1. The second-order valence-electron chi connectivity index (χ2n) is 3.42. The molecule has 0 saturated heterocycles. The number of Topliss-reactive ketones (excluding diaryl/α,β-unsaturated/α-hetero) is 1. The maximum absolute atomic E-state index is 11.7. The average molecular weight is 206 g/mol. The summed E-state index contributed by atoms with van der Waals surface area (Å²) in [5, 5.41) is 9.32. The standard InChI is InChI=1S/C10H10N2O3/c1-10(6-3-2-4-12-5-6)8(14)7(13)9(11)15-10/h2-5,13H,11H2,1H3. The van der Waals surface area contributed by atoms with Crippen LogP contribution in [0.25, 0.3) is 0 Å². The van der Waals surface area contributed by atoms with Gasteiger partial charge in [-0.25, -0.2) is 0 Å². The van der Waals surface area contributed by atoms with Crippen molar-refractivity contribution in [1.29, 1.82) is 0 Å². The summed E-state index contributed by atoms with van der Waals surface area (Å²) in [7, 11) is 0. The Bertz CT molecular complexity index is 441. The molecule has 0 bridgehead atoms. The molecule has 0 aromatic carbocycles. The molecule has 1 aliphatic heterocycles. The lowest BCUT2D eigenvalue weighted by Gasteiger charge is -2.21. The van der Waals surface area contributed by atoms with Crippen LogP contribution in [0.3, 0.4) is 0 Å². The first-order chi connectivity index (χ1) is 7.05. The topological polar surface area (TPSA) is 85.4 Å². The molecule has 1 unspecified atom stereocenters. The van der Waals surface area contributed by atoms with Crippen molar-refractivity contribution >= 4 is 5.78 Å². The second kappa shape index (κ2) is 2.98. The minimum atomic E-state index is -1.26. The van der Waals surface area contributed by atoms with Gasteiger partial charge in [-0.15, -0.1) is 0 Å². The highest BCUT2D eigenvalue weighted by molar-refractivity contribution is 6.02. The summed E-state index contributed by atoms with van der Waals surface area (Å²) in [6, 6.07) is 3.37. The van der Waals surface area contributed by atoms with Crippen LogP contribution < -0.4 is 5.73 Å². The lowest BCUT2D eigenvalue weighted by Crippen LogP contribution is -2.31. The third-order valence-corrected chi connectivity index (χ3v) is 2.41. The van der Waals surface area contributed by atoms with Crippen LogP contribution >= 0.6 is 0 Å². The van der Waals surface area contributed by atoms with E-state index in [4.69, 9.17) is 10.5 Å². The van der Waals surface area contributed by atoms with Crippen molar-refractivity contribution in [1.82, 2.24) is 4.98 Å². The summed E-state index contributed by atoms with van der Waals surface area (Å²) < 4.78 is 5.18. The summed E-state index contributed by atoms with van der Waals surface area (Å²) >= 11 is 0. The quantitative estimate of drug-likeness (QED) is 0.702. The molecule has 1 aliphatic rings. The third kappa shape index (κ3) is 1.24. The minimum Gasteiger partial charge on any atom is -0.501 e. The van der Waals surface area contributed by atoms with E-state index in [9.17, 15) is 9.90 Å². The van der Waals surface area contributed by atoms with E-state index >= 15 is 0 Å². The van der Waals surface area contributed by atoms with E-state index in [2.05, 4.69) is 4.98 Å². The van der Waals surface area contributed by atoms with Crippen molar-refractivity contribution in [2.75, 3.05) is 0 Å². The number of hydrogen-bond acceptors (Lipinski definition) is 5. The van der Waals surface area contributed by atoms with E-state index in [0.29, 0.717) is 5.56 Å². The van der Waals surface area contributed by atoms with Crippen LogP contribution in [-0.2, 0) is 15.1 Å². The monoisotopic (exact) mass is 206 g/mol. The fourth-order valence-electron chi connectivity index (χ4n) is 1.49. The Morgan fingerprint density at radius 2 is 2.33 bits per heavy atom. The maximum Gasteiger partial charge on any atom is 0.250 e. The van der Waals surface area contributed by atoms with Gasteiger partial charge in [0.25, 0.3) is 5.78 Å². The number of pyridine rings is 1. The molecule has 1 aromatic rings. The molecule has 2 heterocycles. The van der Waals surface area contributed by atoms with Crippen LogP contribution in [-0.4, -0.2) is 15.9 Å². The number of aliphatic hydroxyl groups excluding tert-OH is 1. The van der Waals surface area contributed by atoms with Crippen LogP contribution in [0.4, 0.5) is 0 Å². The highest BCUT2D eigenvalue weighted by Crippen LogP contribution is 2.35. The Balaban J connectivity index is 2.45. The van der Waals surface area contributed by atoms with Gasteiger partial charge in [0.15, 0.2) is 0 Å². The SMILES string of the molecule is CC1(c2cccnc2)OC(N)=C(O)C1=O. The molecule has 78 valence electrons. The van der Waals surface area contributed by atoms with Gasteiger partial charge in [-0.2, -0.15) is 0 Å². The lowest BCUT2D eigenvalue weighted by atomic mass is 9.93. The third-order valence-electron chi connectivity index (χ3n) is 2.41. The second-order valence-corrected chi connectivity index (χ2v) is 3.42. The van der Waals surface area contributed by atoms with Crippen LogP contribution in [0.1, 0.15) is 12.5 Å². The van der Waals surface area contributed by atoms with E-state index in [-0.39, 0.29) is 5.88 Å². The molecule has 0 spiro atoms. The smallest absolute Gasteiger partial charge is 0.250 e. The molecule has 3 N–H and O–H groups in total. The van der Waals surface area contributed by atoms with Gasteiger partial charge in [-0.3, -0.25) is 9.78 Å². The molecule has 0 radical (unpaired) electrons. The Labute approximate surface area is 86.2 Å². The average Bonchev–Trinajstić information content (AvgIpc) is 2.45. The first-order valence-electron chi connectivity index (χ1n) is 4.39. The normalized spacial score (nSPS) is 25.5. The summed E-state index contributed by atoms with van der Waals surface area (Å²) in [6.45, 7) is 1.54. The van der Waals surface area contributed by atoms with Crippen molar-refractivity contribution in [3.63, 3.8) is 0 Å². The molecular formula is C10H10N2O3. The number of carbonyl (C=O) groups is 1. The maximum atomic E-state index is 11.7. The van der Waals surface area contributed by atoms with Gasteiger partial charge >= 0.3 is 0 Å². The summed E-state index contributed by atoms with van der Waals surface area (Å²) in [6.07, 6.45) is 3.09. The number of aromatic nitrogens is 1. The molecule has 0 saturated carbocycles. The van der Waals surface area contributed by atoms with Crippen molar-refractivity contribution < 1.29 is 14.6 Å². The Kier molecular flexibility index (Phi) is 1.89. The number of ketones is 1. The number of ether oxygens (including phenoxy) is 1. The van der Waals surface area contributed by atoms with Gasteiger partial charge in [0.1, 0.15) is 0 Å². The molecule has 1 aromatic heterocycles. The Morgan fingerprint density at radius 1 is 1.60 bits per heavy atom. The van der Waals surface area contributed by atoms with Gasteiger partial charge < -0.3 is 15.6 Å². The van der Waals surface area contributed by atoms with E-state index in [1.165, 1.54) is 6.20 Å². The number of hydrogen-bond donors (Lipinski definition) is 2. The Morgan fingerprint density at radius 3 is 2.80 bits per heavy atom. The molecule has 15 heavy (non-hydrogen) atoms. The number of carbonyl (C=O) groups excluding carboxylic acids is 1. The first kappa shape index (κ1) is 9.51. The lowest BCUT2D eigenvalue weighted by molar-refractivity contribution is -0.131. The predicted octanol–water partition coefficient (Wildman–Crippen LogP) is 0.582. The van der Waals surface area contributed by atoms with E-state index < -0.39 is 17.1 Å². The molecule has 1 atom stereocenters. The minimum absolute atomic E-state index is 0.244. The van der Waals surface area contributed by atoms with Crippen molar-refractivity contribution in [3.8, 4) is 0 Å². The molecular weight excluding hydrogens is 196 g/mol. The molecule has 0 fully saturated rings. The fourth-order valence-corrected chi connectivity index (χ4v) is 1.49. The zero-order chi connectivity index (χ0) is 11.1. The number of nitrogens with zero attached hydrogens (tertiary/aromatic N) is 1. The van der Waals surface area contributed by atoms with Crippen molar-refractivity contribution in [3.05, 3.63) is 41.7 Å². The molecule has 5 heteroatoms. The first-order valence-corrected chi connectivity index (χ1v) is 4.39. The van der Waals surface area contributed by atoms with E-state index in [1.54, 1.807) is 25.3 Å². The van der Waals surface area contributed by atoms with E-state index in [1.807, 2.05) is 0 Å². The van der Waals surface area contributed by atoms with Crippen molar-refractivity contribution in [2.45, 2.75) is 12.5 Å². The molecule has 5 nitrogen and oxygen atoms in total. The summed E-state index contributed by atoms with van der Waals surface area (Å²) in [5.74, 6) is -1.32. The predicted molar refractivity (Wildman–Crippen MR) is 51.5 cm³/mol. The van der Waals surface area contributed by atoms with Gasteiger partial charge in [-0.05, 0) is 13.0 Å². The highest BCUT2D eigenvalue weighted by Gasteiger charge is 2.47. The zero-order valence-electron chi connectivity index (χ0n) is 8.10. The van der Waals surface area contributed by atoms with Crippen molar-refractivity contribution in [2.24, 2.45) is 5.73 Å². The van der Waals surface area contributed by atoms with Gasteiger partial charge in [-0.1, -0.05) is 6.07 Å². The highest BCUT2D eigenvalue weighted by atomic mass is 16.5. The number of rotatable bonds is 1. The fraction of sp³-hybridized carbons (Fsp3) is 0.200. The van der Waals surface area contributed by atoms with Gasteiger partial charge in [0.05, 0.1) is 0 Å².